The van der Waals surface area contributed by atoms with Crippen LogP contribution in [0.1, 0.15) is 32.3 Å². The van der Waals surface area contributed by atoms with Gasteiger partial charge in [-0.1, -0.05) is 18.2 Å². The van der Waals surface area contributed by atoms with E-state index in [9.17, 15) is 0 Å². The van der Waals surface area contributed by atoms with Gasteiger partial charge in [0.1, 0.15) is 0 Å². The van der Waals surface area contributed by atoms with Crippen LogP contribution in [0.3, 0.4) is 0 Å². The summed E-state index contributed by atoms with van der Waals surface area (Å²) >= 11 is 0. The van der Waals surface area contributed by atoms with Gasteiger partial charge >= 0.3 is 0 Å². The molecular weight excluding hydrogens is 258 g/mol. The molecule has 1 N–H and O–H groups in total. The average Bonchev–Trinajstić information content (AvgIpc) is 2.53. The Hall–Kier alpha value is -1.45. The highest BCUT2D eigenvalue weighted by Crippen LogP contribution is 2.18. The molecule has 0 unspecified atom stereocenters. The Morgan fingerprint density at radius 3 is 2.81 bits per heavy atom. The minimum absolute atomic E-state index is 0.650. The number of nitrogens with one attached hydrogen (secondary N) is 1. The molecule has 3 heteroatoms. The molecule has 0 aliphatic carbocycles. The average molecular weight is 283 g/mol. The van der Waals surface area contributed by atoms with Gasteiger partial charge in [-0.05, 0) is 56.8 Å². The predicted octanol–water partition coefficient (Wildman–Crippen LogP) is 3.20. The van der Waals surface area contributed by atoms with E-state index < -0.39 is 0 Å². The number of benzene rings is 1. The zero-order valence-corrected chi connectivity index (χ0v) is 13.0. The summed E-state index contributed by atoms with van der Waals surface area (Å²) in [6.07, 6.45) is 6.34. The molecule has 2 aromatic rings. The maximum atomic E-state index is 4.20. The van der Waals surface area contributed by atoms with E-state index in [0.29, 0.717) is 12.1 Å². The molecule has 112 valence electrons. The van der Waals surface area contributed by atoms with Gasteiger partial charge in [-0.25, -0.2) is 0 Å². The molecule has 1 fully saturated rings. The van der Waals surface area contributed by atoms with E-state index in [-0.39, 0.29) is 0 Å². The van der Waals surface area contributed by atoms with Crippen molar-refractivity contribution in [2.75, 3.05) is 13.1 Å². The fraction of sp³-hybridized carbons (Fsp3) is 0.500. The molecule has 21 heavy (non-hydrogen) atoms. The number of pyridine rings is 1. The highest BCUT2D eigenvalue weighted by atomic mass is 15.2. The van der Waals surface area contributed by atoms with E-state index in [4.69, 9.17) is 0 Å². The molecule has 1 saturated heterocycles. The third-order valence-corrected chi connectivity index (χ3v) is 4.61. The SMILES string of the molecule is CC(C)N1CCC(NCc2cccc3cnccc23)CC1. The lowest BCUT2D eigenvalue weighted by Crippen LogP contribution is -2.44. The third-order valence-electron chi connectivity index (χ3n) is 4.61. The Morgan fingerprint density at radius 2 is 2.05 bits per heavy atom. The van der Waals surface area contributed by atoms with Gasteiger partial charge < -0.3 is 10.2 Å². The van der Waals surface area contributed by atoms with E-state index in [1.807, 2.05) is 12.4 Å². The van der Waals surface area contributed by atoms with Crippen LogP contribution in [-0.2, 0) is 6.54 Å². The number of fused-ring (bicyclic) bond motifs is 1. The van der Waals surface area contributed by atoms with E-state index in [0.717, 1.165) is 6.54 Å². The second-order valence-electron chi connectivity index (χ2n) is 6.30. The Labute approximate surface area is 127 Å². The summed E-state index contributed by atoms with van der Waals surface area (Å²) in [6.45, 7) is 7.97. The van der Waals surface area contributed by atoms with Crippen molar-refractivity contribution >= 4 is 10.8 Å². The van der Waals surface area contributed by atoms with Crippen LogP contribution in [-0.4, -0.2) is 35.1 Å². The number of likely N-dealkylation sites (tertiary alicyclic amines) is 1. The number of rotatable bonds is 4. The number of hydrogen-bond donors (Lipinski definition) is 1. The van der Waals surface area contributed by atoms with Crippen molar-refractivity contribution in [3.63, 3.8) is 0 Å². The second kappa shape index (κ2) is 6.54. The molecule has 1 aliphatic heterocycles. The van der Waals surface area contributed by atoms with Crippen molar-refractivity contribution in [2.45, 2.75) is 45.3 Å². The summed E-state index contributed by atoms with van der Waals surface area (Å²) in [6, 6.07) is 9.93. The minimum atomic E-state index is 0.650. The standard InChI is InChI=1S/C18H25N3/c1-14(2)21-10-7-17(8-11-21)20-13-16-5-3-4-15-12-19-9-6-18(15)16/h3-6,9,12,14,17,20H,7-8,10-11,13H2,1-2H3. The molecule has 0 radical (unpaired) electrons. The van der Waals surface area contributed by atoms with E-state index in [1.165, 1.54) is 42.3 Å². The molecule has 1 aromatic heterocycles. The van der Waals surface area contributed by atoms with E-state index >= 15 is 0 Å². The monoisotopic (exact) mass is 283 g/mol. The van der Waals surface area contributed by atoms with Crippen molar-refractivity contribution in [2.24, 2.45) is 0 Å². The van der Waals surface area contributed by atoms with Crippen LogP contribution < -0.4 is 5.32 Å². The van der Waals surface area contributed by atoms with Gasteiger partial charge in [-0.15, -0.1) is 0 Å². The normalized spacial score (nSPS) is 17.7. The first kappa shape index (κ1) is 14.5. The Morgan fingerprint density at radius 1 is 1.24 bits per heavy atom. The van der Waals surface area contributed by atoms with Crippen molar-refractivity contribution in [3.05, 3.63) is 42.2 Å². The maximum absolute atomic E-state index is 4.20. The highest BCUT2D eigenvalue weighted by molar-refractivity contribution is 5.84. The summed E-state index contributed by atoms with van der Waals surface area (Å²) in [5.74, 6) is 0. The molecule has 0 amide bonds. The Bertz CT molecular complexity index is 581. The number of nitrogens with zero attached hydrogens (tertiary/aromatic N) is 2. The number of hydrogen-bond acceptors (Lipinski definition) is 3. The minimum Gasteiger partial charge on any atom is -0.310 e. The van der Waals surface area contributed by atoms with Crippen molar-refractivity contribution in [1.29, 1.82) is 0 Å². The number of aromatic nitrogens is 1. The van der Waals surface area contributed by atoms with Crippen molar-refractivity contribution in [1.82, 2.24) is 15.2 Å². The molecule has 2 heterocycles. The first-order chi connectivity index (χ1) is 10.2. The molecule has 1 aromatic carbocycles. The fourth-order valence-corrected chi connectivity index (χ4v) is 3.22. The van der Waals surface area contributed by atoms with Crippen LogP contribution in [0.2, 0.25) is 0 Å². The van der Waals surface area contributed by atoms with Gasteiger partial charge in [0.2, 0.25) is 0 Å². The van der Waals surface area contributed by atoms with Gasteiger partial charge in [-0.2, -0.15) is 0 Å². The van der Waals surface area contributed by atoms with Gasteiger partial charge in [0.15, 0.2) is 0 Å². The van der Waals surface area contributed by atoms with Crippen molar-refractivity contribution < 1.29 is 0 Å². The first-order valence-corrected chi connectivity index (χ1v) is 8.03. The summed E-state index contributed by atoms with van der Waals surface area (Å²) in [7, 11) is 0. The zero-order valence-electron chi connectivity index (χ0n) is 13.0. The van der Waals surface area contributed by atoms with E-state index in [2.05, 4.69) is 53.3 Å². The van der Waals surface area contributed by atoms with Gasteiger partial charge in [0.05, 0.1) is 0 Å². The largest absolute Gasteiger partial charge is 0.310 e. The lowest BCUT2D eigenvalue weighted by atomic mass is 10.0. The molecule has 3 nitrogen and oxygen atoms in total. The highest BCUT2D eigenvalue weighted by Gasteiger charge is 2.20. The summed E-state index contributed by atoms with van der Waals surface area (Å²) < 4.78 is 0. The molecule has 3 rings (SSSR count). The molecule has 0 bridgehead atoms. The predicted molar refractivity (Wildman–Crippen MR) is 88.3 cm³/mol. The van der Waals surface area contributed by atoms with Crippen LogP contribution >= 0.6 is 0 Å². The molecule has 0 spiro atoms. The molecule has 0 saturated carbocycles. The lowest BCUT2D eigenvalue weighted by Gasteiger charge is -2.35. The first-order valence-electron chi connectivity index (χ1n) is 8.03. The maximum Gasteiger partial charge on any atom is 0.0346 e. The van der Waals surface area contributed by atoms with Crippen LogP contribution in [0, 0.1) is 0 Å². The zero-order chi connectivity index (χ0) is 14.7. The van der Waals surface area contributed by atoms with Crippen LogP contribution in [0.15, 0.2) is 36.7 Å². The lowest BCUT2D eigenvalue weighted by molar-refractivity contribution is 0.161. The summed E-state index contributed by atoms with van der Waals surface area (Å²) in [5, 5.41) is 6.29. The number of piperidine rings is 1. The van der Waals surface area contributed by atoms with Crippen LogP contribution in [0.25, 0.3) is 10.8 Å². The summed E-state index contributed by atoms with van der Waals surface area (Å²) in [5.41, 5.74) is 1.38. The van der Waals surface area contributed by atoms with E-state index in [1.54, 1.807) is 0 Å². The topological polar surface area (TPSA) is 28.2 Å². The van der Waals surface area contributed by atoms with Crippen molar-refractivity contribution in [3.8, 4) is 0 Å². The van der Waals surface area contributed by atoms with Gasteiger partial charge in [0, 0.05) is 36.4 Å². The second-order valence-corrected chi connectivity index (χ2v) is 6.30. The third kappa shape index (κ3) is 3.42. The molecule has 0 atom stereocenters. The molecule has 1 aliphatic rings. The van der Waals surface area contributed by atoms with Crippen LogP contribution in [0.5, 0.6) is 0 Å². The van der Waals surface area contributed by atoms with Crippen LogP contribution in [0.4, 0.5) is 0 Å². The smallest absolute Gasteiger partial charge is 0.0346 e. The fourth-order valence-electron chi connectivity index (χ4n) is 3.22. The van der Waals surface area contributed by atoms with Gasteiger partial charge in [0.25, 0.3) is 0 Å². The Kier molecular flexibility index (Phi) is 4.51. The van der Waals surface area contributed by atoms with Gasteiger partial charge in [-0.3, -0.25) is 4.98 Å². The molecular formula is C18H25N3. The Balaban J connectivity index is 1.60. The summed E-state index contributed by atoms with van der Waals surface area (Å²) in [4.78, 5) is 6.77. The quantitative estimate of drug-likeness (QED) is 0.934.